The van der Waals surface area contributed by atoms with Crippen LogP contribution in [0.2, 0.25) is 0 Å². The monoisotopic (exact) mass is 276 g/mol. The van der Waals surface area contributed by atoms with Crippen LogP contribution < -0.4 is 0 Å². The van der Waals surface area contributed by atoms with E-state index >= 15 is 0 Å². The van der Waals surface area contributed by atoms with Crippen molar-refractivity contribution in [3.05, 3.63) is 46.7 Å². The van der Waals surface area contributed by atoms with Gasteiger partial charge in [-0.2, -0.15) is 0 Å². The summed E-state index contributed by atoms with van der Waals surface area (Å²) < 4.78 is 5.19. The minimum atomic E-state index is -2.40. The molecule has 1 aromatic carbocycles. The highest BCUT2D eigenvalue weighted by atomic mass is 16.8. The lowest BCUT2D eigenvalue weighted by Gasteiger charge is -2.31. The van der Waals surface area contributed by atoms with Gasteiger partial charge in [0.25, 0.3) is 0 Å². The van der Waals surface area contributed by atoms with E-state index in [4.69, 9.17) is 4.74 Å². The van der Waals surface area contributed by atoms with E-state index in [1.807, 2.05) is 32.9 Å². The third kappa shape index (κ3) is 3.08. The fourth-order valence-corrected chi connectivity index (χ4v) is 2.65. The Balaban J connectivity index is 2.40. The Morgan fingerprint density at radius 2 is 2.05 bits per heavy atom. The number of hydrogen-bond donors (Lipinski definition) is 2. The molecule has 0 saturated heterocycles. The van der Waals surface area contributed by atoms with E-state index in [0.29, 0.717) is 12.2 Å². The summed E-state index contributed by atoms with van der Waals surface area (Å²) in [6.45, 7) is 6.00. The molecule has 1 aromatic rings. The number of aryl methyl sites for hydroxylation is 2. The van der Waals surface area contributed by atoms with Crippen LogP contribution in [-0.4, -0.2) is 22.0 Å². The molecule has 0 radical (unpaired) electrons. The van der Waals surface area contributed by atoms with E-state index in [-0.39, 0.29) is 11.7 Å². The lowest BCUT2D eigenvalue weighted by atomic mass is 9.88. The average Bonchev–Trinajstić information content (AvgIpc) is 2.30. The third-order valence-corrected chi connectivity index (χ3v) is 3.54. The summed E-state index contributed by atoms with van der Waals surface area (Å²) in [5.74, 6) is -2.56. The van der Waals surface area contributed by atoms with Crippen LogP contribution in [0.15, 0.2) is 30.0 Å². The van der Waals surface area contributed by atoms with Crippen LogP contribution in [-0.2, 0) is 9.53 Å². The van der Waals surface area contributed by atoms with Crippen molar-refractivity contribution in [3.63, 3.8) is 0 Å². The zero-order valence-electron chi connectivity index (χ0n) is 12.0. The molecule has 0 fully saturated rings. The van der Waals surface area contributed by atoms with Crippen molar-refractivity contribution >= 4 is 5.78 Å². The highest BCUT2D eigenvalue weighted by Gasteiger charge is 2.36. The van der Waals surface area contributed by atoms with Gasteiger partial charge in [-0.25, -0.2) is 0 Å². The van der Waals surface area contributed by atoms with Crippen LogP contribution >= 0.6 is 0 Å². The summed E-state index contributed by atoms with van der Waals surface area (Å²) in [5, 5.41) is 19.2. The predicted molar refractivity (Wildman–Crippen MR) is 74.9 cm³/mol. The number of carbonyl (C=O) groups excluding carboxylic acids is 1. The van der Waals surface area contributed by atoms with Gasteiger partial charge in [-0.15, -0.1) is 0 Å². The molecular formula is C16H20O4. The van der Waals surface area contributed by atoms with Gasteiger partial charge in [-0.05, 0) is 31.4 Å². The van der Waals surface area contributed by atoms with E-state index in [9.17, 15) is 15.0 Å². The first-order valence-corrected chi connectivity index (χ1v) is 6.77. The second-order valence-corrected chi connectivity index (χ2v) is 5.36. The SMILES string of the molecule is CCC(C1=CC(=O)CC(O)(O)O1)c1ccc(C)cc1C. The molecule has 1 aliphatic rings. The molecule has 4 nitrogen and oxygen atoms in total. The van der Waals surface area contributed by atoms with Crippen molar-refractivity contribution in [2.45, 2.75) is 45.5 Å². The Labute approximate surface area is 118 Å². The molecule has 0 amide bonds. The highest BCUT2D eigenvalue weighted by Crippen LogP contribution is 2.35. The Kier molecular flexibility index (Phi) is 3.97. The molecule has 1 unspecified atom stereocenters. The molecule has 1 atom stereocenters. The number of aliphatic hydroxyl groups is 2. The third-order valence-electron chi connectivity index (χ3n) is 3.54. The van der Waals surface area contributed by atoms with Crippen LogP contribution in [0.5, 0.6) is 0 Å². The molecule has 1 aliphatic heterocycles. The fraction of sp³-hybridized carbons (Fsp3) is 0.438. The molecule has 0 saturated carbocycles. The number of carbonyl (C=O) groups is 1. The number of allylic oxidation sites excluding steroid dienone is 2. The number of rotatable bonds is 3. The standard InChI is InChI=1S/C16H20O4/c1-4-13(14-6-5-10(2)7-11(14)3)15-8-12(17)9-16(18,19)20-15/h5-8,13,18-19H,4,9H2,1-3H3. The maximum Gasteiger partial charge on any atom is 0.329 e. The van der Waals surface area contributed by atoms with E-state index < -0.39 is 12.4 Å². The van der Waals surface area contributed by atoms with Gasteiger partial charge < -0.3 is 14.9 Å². The number of benzene rings is 1. The van der Waals surface area contributed by atoms with Crippen molar-refractivity contribution < 1.29 is 19.7 Å². The van der Waals surface area contributed by atoms with Crippen LogP contribution in [0, 0.1) is 13.8 Å². The van der Waals surface area contributed by atoms with E-state index in [2.05, 4.69) is 6.07 Å². The van der Waals surface area contributed by atoms with Gasteiger partial charge in [0.15, 0.2) is 5.78 Å². The molecule has 0 aliphatic carbocycles. The van der Waals surface area contributed by atoms with Gasteiger partial charge in [0, 0.05) is 12.0 Å². The Morgan fingerprint density at radius 3 is 2.60 bits per heavy atom. The molecule has 20 heavy (non-hydrogen) atoms. The molecule has 4 heteroatoms. The smallest absolute Gasteiger partial charge is 0.329 e. The molecular weight excluding hydrogens is 256 g/mol. The molecule has 0 aromatic heterocycles. The van der Waals surface area contributed by atoms with Gasteiger partial charge in [0.1, 0.15) is 12.2 Å². The van der Waals surface area contributed by atoms with E-state index in [1.54, 1.807) is 0 Å². The second kappa shape index (κ2) is 5.38. The number of hydrogen-bond acceptors (Lipinski definition) is 4. The summed E-state index contributed by atoms with van der Waals surface area (Å²) in [6, 6.07) is 6.06. The van der Waals surface area contributed by atoms with Crippen molar-refractivity contribution in [1.82, 2.24) is 0 Å². The van der Waals surface area contributed by atoms with Crippen LogP contribution in [0.1, 0.15) is 42.4 Å². The van der Waals surface area contributed by atoms with Crippen LogP contribution in [0.3, 0.4) is 0 Å². The van der Waals surface area contributed by atoms with E-state index in [0.717, 1.165) is 16.7 Å². The minimum Gasteiger partial charge on any atom is -0.443 e. The zero-order chi connectivity index (χ0) is 14.9. The summed E-state index contributed by atoms with van der Waals surface area (Å²) in [7, 11) is 0. The largest absolute Gasteiger partial charge is 0.443 e. The first-order valence-electron chi connectivity index (χ1n) is 6.77. The summed E-state index contributed by atoms with van der Waals surface area (Å²) in [4.78, 5) is 11.6. The zero-order valence-corrected chi connectivity index (χ0v) is 12.0. The molecule has 108 valence electrons. The summed E-state index contributed by atoms with van der Waals surface area (Å²) in [5.41, 5.74) is 3.30. The first-order chi connectivity index (χ1) is 9.32. The van der Waals surface area contributed by atoms with Gasteiger partial charge in [-0.3, -0.25) is 4.79 Å². The molecule has 1 heterocycles. The van der Waals surface area contributed by atoms with Crippen LogP contribution in [0.25, 0.3) is 0 Å². The average molecular weight is 276 g/mol. The summed E-state index contributed by atoms with van der Waals surface area (Å²) in [6.07, 6.45) is 1.65. The fourth-order valence-electron chi connectivity index (χ4n) is 2.65. The van der Waals surface area contributed by atoms with Crippen molar-refractivity contribution in [2.24, 2.45) is 0 Å². The molecule has 0 spiro atoms. The van der Waals surface area contributed by atoms with Gasteiger partial charge in [0.2, 0.25) is 0 Å². The Bertz CT molecular complexity index is 558. The highest BCUT2D eigenvalue weighted by molar-refractivity contribution is 5.91. The predicted octanol–water partition coefficient (Wildman–Crippen LogP) is 2.31. The quantitative estimate of drug-likeness (QED) is 0.831. The van der Waals surface area contributed by atoms with Gasteiger partial charge >= 0.3 is 5.97 Å². The maximum absolute atomic E-state index is 11.6. The van der Waals surface area contributed by atoms with E-state index in [1.165, 1.54) is 6.08 Å². The maximum atomic E-state index is 11.6. The van der Waals surface area contributed by atoms with Gasteiger partial charge in [0.05, 0.1) is 0 Å². The molecule has 2 rings (SSSR count). The molecule has 0 bridgehead atoms. The first kappa shape index (κ1) is 14.8. The Morgan fingerprint density at radius 1 is 1.35 bits per heavy atom. The topological polar surface area (TPSA) is 66.8 Å². The normalized spacial score (nSPS) is 19.2. The second-order valence-electron chi connectivity index (χ2n) is 5.36. The summed E-state index contributed by atoms with van der Waals surface area (Å²) >= 11 is 0. The van der Waals surface area contributed by atoms with Gasteiger partial charge in [-0.1, -0.05) is 30.7 Å². The van der Waals surface area contributed by atoms with Crippen molar-refractivity contribution in [2.75, 3.05) is 0 Å². The number of ketones is 1. The van der Waals surface area contributed by atoms with Crippen molar-refractivity contribution in [3.8, 4) is 0 Å². The van der Waals surface area contributed by atoms with Crippen molar-refractivity contribution in [1.29, 1.82) is 0 Å². The molecule has 2 N–H and O–H groups in total. The Hall–Kier alpha value is -1.65. The minimum absolute atomic E-state index is 0.154. The van der Waals surface area contributed by atoms with Crippen LogP contribution in [0.4, 0.5) is 0 Å². The lowest BCUT2D eigenvalue weighted by molar-refractivity contribution is -0.322. The number of ether oxygens (including phenoxy) is 1. The lowest BCUT2D eigenvalue weighted by Crippen LogP contribution is -2.38.